The van der Waals surface area contributed by atoms with Gasteiger partial charge in [0, 0.05) is 19.0 Å². The third-order valence-corrected chi connectivity index (χ3v) is 5.14. The lowest BCUT2D eigenvalue weighted by Gasteiger charge is -2.34. The lowest BCUT2D eigenvalue weighted by Crippen LogP contribution is -2.41. The maximum atomic E-state index is 12.4. The minimum atomic E-state index is 0.252. The fourth-order valence-corrected chi connectivity index (χ4v) is 3.96. The smallest absolute Gasteiger partial charge is 0.226 e. The Balaban J connectivity index is 1.55. The first-order valence-electron chi connectivity index (χ1n) is 7.30. The summed E-state index contributed by atoms with van der Waals surface area (Å²) in [5.74, 6) is 1.32. The van der Waals surface area contributed by atoms with Gasteiger partial charge in [0.05, 0.1) is 0 Å². The van der Waals surface area contributed by atoms with Crippen LogP contribution in [0.15, 0.2) is 29.0 Å². The summed E-state index contributed by atoms with van der Waals surface area (Å²) in [4.78, 5) is 14.5. The van der Waals surface area contributed by atoms with Crippen molar-refractivity contribution < 1.29 is 4.79 Å². The zero-order chi connectivity index (χ0) is 13.1. The van der Waals surface area contributed by atoms with Crippen LogP contribution >= 0.6 is 11.3 Å². The van der Waals surface area contributed by atoms with Gasteiger partial charge in [0.1, 0.15) is 0 Å². The number of hydrogen-bond donors (Lipinski definition) is 0. The van der Waals surface area contributed by atoms with Crippen LogP contribution in [-0.4, -0.2) is 23.9 Å². The van der Waals surface area contributed by atoms with E-state index in [1.807, 2.05) is 0 Å². The molecule has 0 aromatic carbocycles. The van der Waals surface area contributed by atoms with Crippen molar-refractivity contribution in [2.24, 2.45) is 5.92 Å². The maximum Gasteiger partial charge on any atom is 0.226 e. The minimum absolute atomic E-state index is 0.252. The van der Waals surface area contributed by atoms with E-state index in [2.05, 4.69) is 33.9 Å². The molecule has 2 aliphatic rings. The van der Waals surface area contributed by atoms with Crippen molar-refractivity contribution in [1.29, 1.82) is 0 Å². The van der Waals surface area contributed by atoms with Gasteiger partial charge in [0.25, 0.3) is 0 Å². The normalized spacial score (nSPS) is 24.6. The molecule has 1 fully saturated rings. The maximum absolute atomic E-state index is 12.4. The molecule has 1 aliphatic carbocycles. The molecule has 102 valence electrons. The SMILES string of the molecule is O=C([C@H]1CC=CCC1)N1CCC(c2ccsc2)CC1. The average molecular weight is 275 g/mol. The van der Waals surface area contributed by atoms with E-state index < -0.39 is 0 Å². The van der Waals surface area contributed by atoms with Crippen molar-refractivity contribution in [3.8, 4) is 0 Å². The molecule has 1 amide bonds. The number of rotatable bonds is 2. The molecule has 3 rings (SSSR count). The molecule has 1 aliphatic heterocycles. The number of piperidine rings is 1. The van der Waals surface area contributed by atoms with Crippen molar-refractivity contribution in [1.82, 2.24) is 4.90 Å². The number of carbonyl (C=O) groups excluding carboxylic acids is 1. The van der Waals surface area contributed by atoms with Crippen LogP contribution in [0.3, 0.4) is 0 Å². The quantitative estimate of drug-likeness (QED) is 0.752. The molecule has 2 nitrogen and oxygen atoms in total. The summed E-state index contributed by atoms with van der Waals surface area (Å²) < 4.78 is 0. The summed E-state index contributed by atoms with van der Waals surface area (Å²) in [6, 6.07) is 2.23. The standard InChI is InChI=1S/C16H21NOS/c18-16(14-4-2-1-3-5-14)17-9-6-13(7-10-17)15-8-11-19-12-15/h1-2,8,11-14H,3-7,9-10H2/t14-/m0/s1. The Morgan fingerprint density at radius 1 is 1.21 bits per heavy atom. The van der Waals surface area contributed by atoms with Crippen LogP contribution in [0.25, 0.3) is 0 Å². The molecule has 1 aromatic rings. The number of allylic oxidation sites excluding steroid dienone is 2. The number of amides is 1. The van der Waals surface area contributed by atoms with Crippen LogP contribution < -0.4 is 0 Å². The van der Waals surface area contributed by atoms with Gasteiger partial charge in [-0.1, -0.05) is 12.2 Å². The van der Waals surface area contributed by atoms with Gasteiger partial charge in [0.2, 0.25) is 5.91 Å². The fourth-order valence-electron chi connectivity index (χ4n) is 3.22. The molecule has 1 atom stereocenters. The van der Waals surface area contributed by atoms with Crippen LogP contribution in [0.1, 0.15) is 43.6 Å². The van der Waals surface area contributed by atoms with Gasteiger partial charge in [-0.15, -0.1) is 0 Å². The van der Waals surface area contributed by atoms with E-state index in [1.165, 1.54) is 5.56 Å². The number of thiophene rings is 1. The average Bonchev–Trinajstić information content (AvgIpc) is 3.02. The van der Waals surface area contributed by atoms with Crippen LogP contribution in [0.5, 0.6) is 0 Å². The first-order valence-corrected chi connectivity index (χ1v) is 8.25. The van der Waals surface area contributed by atoms with Crippen molar-refractivity contribution in [3.05, 3.63) is 34.5 Å². The number of hydrogen-bond acceptors (Lipinski definition) is 2. The van der Waals surface area contributed by atoms with Gasteiger partial charge in [-0.05, 0) is 60.4 Å². The van der Waals surface area contributed by atoms with Crippen molar-refractivity contribution >= 4 is 17.2 Å². The molecule has 0 unspecified atom stereocenters. The first-order chi connectivity index (χ1) is 9.34. The highest BCUT2D eigenvalue weighted by molar-refractivity contribution is 7.07. The monoisotopic (exact) mass is 275 g/mol. The molecule has 0 N–H and O–H groups in total. The van der Waals surface area contributed by atoms with E-state index in [1.54, 1.807) is 11.3 Å². The van der Waals surface area contributed by atoms with Crippen molar-refractivity contribution in [2.45, 2.75) is 38.0 Å². The molecule has 0 saturated carbocycles. The molecular weight excluding hydrogens is 254 g/mol. The van der Waals surface area contributed by atoms with Gasteiger partial charge in [-0.2, -0.15) is 11.3 Å². The molecule has 3 heteroatoms. The van der Waals surface area contributed by atoms with Crippen LogP contribution in [-0.2, 0) is 4.79 Å². The largest absolute Gasteiger partial charge is 0.342 e. The first kappa shape index (κ1) is 12.9. The van der Waals surface area contributed by atoms with Crippen molar-refractivity contribution in [2.75, 3.05) is 13.1 Å². The Morgan fingerprint density at radius 3 is 2.68 bits per heavy atom. The van der Waals surface area contributed by atoms with Gasteiger partial charge >= 0.3 is 0 Å². The zero-order valence-electron chi connectivity index (χ0n) is 11.3. The molecule has 1 aromatic heterocycles. The molecular formula is C16H21NOS. The Hall–Kier alpha value is -1.09. The molecule has 0 spiro atoms. The summed E-state index contributed by atoms with van der Waals surface area (Å²) in [5.41, 5.74) is 1.47. The van der Waals surface area contributed by atoms with Gasteiger partial charge in [-0.25, -0.2) is 0 Å². The third kappa shape index (κ3) is 2.92. The van der Waals surface area contributed by atoms with Gasteiger partial charge in [-0.3, -0.25) is 4.79 Å². The second kappa shape index (κ2) is 5.91. The van der Waals surface area contributed by atoms with Gasteiger partial charge in [0.15, 0.2) is 0 Å². The lowest BCUT2D eigenvalue weighted by atomic mass is 9.89. The molecule has 2 heterocycles. The lowest BCUT2D eigenvalue weighted by molar-refractivity contribution is -0.136. The summed E-state index contributed by atoms with van der Waals surface area (Å²) in [6.45, 7) is 1.89. The third-order valence-electron chi connectivity index (χ3n) is 4.44. The summed E-state index contributed by atoms with van der Waals surface area (Å²) >= 11 is 1.77. The van der Waals surface area contributed by atoms with E-state index in [0.29, 0.717) is 11.8 Å². The second-order valence-corrected chi connectivity index (χ2v) is 6.42. The Kier molecular flexibility index (Phi) is 4.02. The van der Waals surface area contributed by atoms with Crippen molar-refractivity contribution in [3.63, 3.8) is 0 Å². The zero-order valence-corrected chi connectivity index (χ0v) is 12.1. The highest BCUT2D eigenvalue weighted by Crippen LogP contribution is 2.31. The predicted octanol–water partition coefficient (Wildman–Crippen LogP) is 3.81. The Bertz CT molecular complexity index is 443. The van der Waals surface area contributed by atoms with E-state index in [4.69, 9.17) is 0 Å². The summed E-state index contributed by atoms with van der Waals surface area (Å²) in [5, 5.41) is 4.41. The van der Waals surface area contributed by atoms with E-state index in [9.17, 15) is 4.79 Å². The second-order valence-electron chi connectivity index (χ2n) is 5.64. The molecule has 1 saturated heterocycles. The predicted molar refractivity (Wildman–Crippen MR) is 79.4 cm³/mol. The topological polar surface area (TPSA) is 20.3 Å². The number of carbonyl (C=O) groups is 1. The fraction of sp³-hybridized carbons (Fsp3) is 0.562. The highest BCUT2D eigenvalue weighted by Gasteiger charge is 2.28. The molecule has 19 heavy (non-hydrogen) atoms. The van der Waals surface area contributed by atoms with Crippen LogP contribution in [0.2, 0.25) is 0 Å². The van der Waals surface area contributed by atoms with E-state index in [0.717, 1.165) is 45.2 Å². The number of nitrogens with zero attached hydrogens (tertiary/aromatic N) is 1. The Morgan fingerprint density at radius 2 is 2.05 bits per heavy atom. The number of likely N-dealkylation sites (tertiary alicyclic amines) is 1. The Labute approximate surface area is 119 Å². The highest BCUT2D eigenvalue weighted by atomic mass is 32.1. The molecule has 0 radical (unpaired) electrons. The molecule has 0 bridgehead atoms. The summed E-state index contributed by atoms with van der Waals surface area (Å²) in [7, 11) is 0. The summed E-state index contributed by atoms with van der Waals surface area (Å²) in [6.07, 6.45) is 9.69. The van der Waals surface area contributed by atoms with Crippen LogP contribution in [0.4, 0.5) is 0 Å². The minimum Gasteiger partial charge on any atom is -0.342 e. The van der Waals surface area contributed by atoms with E-state index >= 15 is 0 Å². The van der Waals surface area contributed by atoms with Gasteiger partial charge < -0.3 is 4.90 Å². The van der Waals surface area contributed by atoms with Crippen LogP contribution in [0, 0.1) is 5.92 Å². The van der Waals surface area contributed by atoms with E-state index in [-0.39, 0.29) is 5.92 Å².